The van der Waals surface area contributed by atoms with Crippen molar-refractivity contribution in [1.82, 2.24) is 4.98 Å². The third kappa shape index (κ3) is 4.68. The third-order valence-electron chi connectivity index (χ3n) is 5.63. The maximum Gasteiger partial charge on any atom is 0.233 e. The first-order valence-corrected chi connectivity index (χ1v) is 11.6. The molecule has 0 saturated heterocycles. The number of hydrogen-bond donors (Lipinski definition) is 0. The molecular weight excluding hydrogens is 416 g/mol. The lowest BCUT2D eigenvalue weighted by atomic mass is 10.0. The lowest BCUT2D eigenvalue weighted by Gasteiger charge is -2.20. The molecule has 0 aliphatic carbocycles. The van der Waals surface area contributed by atoms with Crippen LogP contribution in [0.2, 0.25) is 0 Å². The summed E-state index contributed by atoms with van der Waals surface area (Å²) >= 11 is 1.54. The molecule has 1 amide bonds. The molecule has 0 bridgehead atoms. The van der Waals surface area contributed by atoms with Crippen LogP contribution in [0, 0.1) is 6.92 Å². The highest BCUT2D eigenvalue weighted by atomic mass is 32.1. The Bertz CT molecular complexity index is 1210. The van der Waals surface area contributed by atoms with Gasteiger partial charge in [-0.1, -0.05) is 85.8 Å². The minimum atomic E-state index is 0.0295. The van der Waals surface area contributed by atoms with Gasteiger partial charge in [0.1, 0.15) is 11.3 Å². The molecule has 3 aromatic carbocycles. The van der Waals surface area contributed by atoms with E-state index in [2.05, 4.69) is 45.0 Å². The molecule has 4 nitrogen and oxygen atoms in total. The highest BCUT2D eigenvalue weighted by Crippen LogP contribution is 2.37. The van der Waals surface area contributed by atoms with Crippen molar-refractivity contribution in [1.29, 1.82) is 0 Å². The second kappa shape index (κ2) is 9.53. The fourth-order valence-corrected chi connectivity index (χ4v) is 4.77. The van der Waals surface area contributed by atoms with E-state index in [1.807, 2.05) is 42.5 Å². The standard InChI is InChI=1S/C27H28N2O2S/c1-18(2)22-13-11-20(12-14-22)16-24(30)29(17-21-8-6-5-7-9-21)27-28-25-23(31-4)15-10-19(3)26(25)32-27/h5-15,18H,16-17H2,1-4H3. The van der Waals surface area contributed by atoms with E-state index >= 15 is 0 Å². The average Bonchev–Trinajstić information content (AvgIpc) is 3.25. The summed E-state index contributed by atoms with van der Waals surface area (Å²) in [6.45, 7) is 6.88. The zero-order valence-corrected chi connectivity index (χ0v) is 19.8. The molecule has 0 radical (unpaired) electrons. The highest BCUT2D eigenvalue weighted by Gasteiger charge is 2.22. The number of rotatable bonds is 7. The van der Waals surface area contributed by atoms with Crippen molar-refractivity contribution in [3.63, 3.8) is 0 Å². The Labute approximate surface area is 193 Å². The van der Waals surface area contributed by atoms with Crippen LogP contribution in [0.5, 0.6) is 5.75 Å². The molecule has 0 aliphatic rings. The summed E-state index contributed by atoms with van der Waals surface area (Å²) in [6, 6.07) is 22.3. The first kappa shape index (κ1) is 22.0. The fourth-order valence-electron chi connectivity index (χ4n) is 3.70. The molecule has 0 saturated carbocycles. The van der Waals surface area contributed by atoms with Crippen LogP contribution >= 0.6 is 11.3 Å². The van der Waals surface area contributed by atoms with Crippen molar-refractivity contribution >= 4 is 32.6 Å². The number of thiazole rings is 1. The number of benzene rings is 3. The molecule has 164 valence electrons. The normalized spacial score (nSPS) is 11.2. The summed E-state index contributed by atoms with van der Waals surface area (Å²) in [5.41, 5.74) is 5.28. The number of nitrogens with zero attached hydrogens (tertiary/aromatic N) is 2. The van der Waals surface area contributed by atoms with Crippen LogP contribution in [0.1, 0.15) is 42.0 Å². The molecule has 0 spiro atoms. The van der Waals surface area contributed by atoms with Gasteiger partial charge in [0.05, 0.1) is 24.8 Å². The number of ether oxygens (including phenoxy) is 1. The molecule has 32 heavy (non-hydrogen) atoms. The predicted molar refractivity (Wildman–Crippen MR) is 133 cm³/mol. The van der Waals surface area contributed by atoms with Gasteiger partial charge in [-0.2, -0.15) is 0 Å². The Morgan fingerprint density at radius 3 is 2.38 bits per heavy atom. The van der Waals surface area contributed by atoms with Crippen LogP contribution in [0.4, 0.5) is 5.13 Å². The van der Waals surface area contributed by atoms with Crippen molar-refractivity contribution in [3.8, 4) is 5.75 Å². The van der Waals surface area contributed by atoms with Crippen molar-refractivity contribution in [2.75, 3.05) is 12.0 Å². The Morgan fingerprint density at radius 1 is 1.00 bits per heavy atom. The second-order valence-electron chi connectivity index (χ2n) is 8.30. The molecule has 5 heteroatoms. The smallest absolute Gasteiger partial charge is 0.233 e. The molecule has 0 N–H and O–H groups in total. The van der Waals surface area contributed by atoms with Crippen LogP contribution in [0.15, 0.2) is 66.7 Å². The van der Waals surface area contributed by atoms with Crippen LogP contribution in [0.25, 0.3) is 10.2 Å². The first-order chi connectivity index (χ1) is 15.5. The van der Waals surface area contributed by atoms with Gasteiger partial charge in [-0.05, 0) is 41.2 Å². The molecular formula is C27H28N2O2S. The van der Waals surface area contributed by atoms with E-state index in [4.69, 9.17) is 9.72 Å². The summed E-state index contributed by atoms with van der Waals surface area (Å²) in [6.07, 6.45) is 0.331. The van der Waals surface area contributed by atoms with Crippen molar-refractivity contribution < 1.29 is 9.53 Å². The number of carbonyl (C=O) groups excluding carboxylic acids is 1. The number of methoxy groups -OCH3 is 1. The van der Waals surface area contributed by atoms with Crippen molar-refractivity contribution in [2.45, 2.75) is 39.7 Å². The van der Waals surface area contributed by atoms with E-state index in [1.54, 1.807) is 23.3 Å². The van der Waals surface area contributed by atoms with Crippen LogP contribution in [-0.4, -0.2) is 18.0 Å². The van der Waals surface area contributed by atoms with Crippen molar-refractivity contribution in [2.24, 2.45) is 0 Å². The van der Waals surface area contributed by atoms with Crippen LogP contribution in [-0.2, 0) is 17.8 Å². The lowest BCUT2D eigenvalue weighted by Crippen LogP contribution is -2.31. The second-order valence-corrected chi connectivity index (χ2v) is 9.27. The van der Waals surface area contributed by atoms with Gasteiger partial charge < -0.3 is 4.74 Å². The summed E-state index contributed by atoms with van der Waals surface area (Å²) in [5, 5.41) is 0.695. The van der Waals surface area contributed by atoms with Gasteiger partial charge in [0.2, 0.25) is 5.91 Å². The number of aryl methyl sites for hydroxylation is 1. The van der Waals surface area contributed by atoms with Gasteiger partial charge in [-0.3, -0.25) is 9.69 Å². The number of anilines is 1. The minimum absolute atomic E-state index is 0.0295. The van der Waals surface area contributed by atoms with Gasteiger partial charge in [0, 0.05) is 0 Å². The monoisotopic (exact) mass is 444 g/mol. The summed E-state index contributed by atoms with van der Waals surface area (Å²) in [7, 11) is 1.65. The molecule has 0 aliphatic heterocycles. The van der Waals surface area contributed by atoms with E-state index < -0.39 is 0 Å². The largest absolute Gasteiger partial charge is 0.494 e. The van der Waals surface area contributed by atoms with E-state index in [1.165, 1.54) is 5.56 Å². The van der Waals surface area contributed by atoms with Gasteiger partial charge in [0.25, 0.3) is 0 Å². The molecule has 0 atom stereocenters. The quantitative estimate of drug-likeness (QED) is 0.326. The zero-order valence-electron chi connectivity index (χ0n) is 19.0. The molecule has 4 rings (SSSR count). The Morgan fingerprint density at radius 2 is 1.72 bits per heavy atom. The van der Waals surface area contributed by atoms with Gasteiger partial charge >= 0.3 is 0 Å². The van der Waals surface area contributed by atoms with Gasteiger partial charge in [-0.15, -0.1) is 0 Å². The number of amides is 1. The van der Waals surface area contributed by atoms with Crippen LogP contribution in [0.3, 0.4) is 0 Å². The minimum Gasteiger partial charge on any atom is -0.494 e. The molecule has 4 aromatic rings. The summed E-state index contributed by atoms with van der Waals surface area (Å²) in [5.74, 6) is 1.22. The van der Waals surface area contributed by atoms with E-state index in [-0.39, 0.29) is 5.91 Å². The lowest BCUT2D eigenvalue weighted by molar-refractivity contribution is -0.118. The summed E-state index contributed by atoms with van der Waals surface area (Å²) in [4.78, 5) is 20.2. The Balaban J connectivity index is 1.69. The molecule has 0 fully saturated rings. The van der Waals surface area contributed by atoms with Gasteiger partial charge in [-0.25, -0.2) is 4.98 Å². The number of hydrogen-bond acceptors (Lipinski definition) is 4. The number of fused-ring (bicyclic) bond motifs is 1. The maximum atomic E-state index is 13.5. The number of carbonyl (C=O) groups is 1. The Kier molecular flexibility index (Phi) is 6.56. The third-order valence-corrected chi connectivity index (χ3v) is 6.84. The highest BCUT2D eigenvalue weighted by molar-refractivity contribution is 7.22. The topological polar surface area (TPSA) is 42.4 Å². The molecule has 1 heterocycles. The maximum absolute atomic E-state index is 13.5. The van der Waals surface area contributed by atoms with Crippen molar-refractivity contribution in [3.05, 3.63) is 89.0 Å². The van der Waals surface area contributed by atoms with E-state index in [0.717, 1.165) is 32.7 Å². The van der Waals surface area contributed by atoms with E-state index in [0.29, 0.717) is 24.0 Å². The Hall–Kier alpha value is -3.18. The van der Waals surface area contributed by atoms with Crippen LogP contribution < -0.4 is 9.64 Å². The fraction of sp³-hybridized carbons (Fsp3) is 0.259. The SMILES string of the molecule is COc1ccc(C)c2sc(N(Cc3ccccc3)C(=O)Cc3ccc(C(C)C)cc3)nc12. The predicted octanol–water partition coefficient (Wildman–Crippen LogP) is 6.51. The first-order valence-electron chi connectivity index (χ1n) is 10.8. The van der Waals surface area contributed by atoms with Gasteiger partial charge in [0.15, 0.2) is 5.13 Å². The number of aromatic nitrogens is 1. The molecule has 0 unspecified atom stereocenters. The average molecular weight is 445 g/mol. The van der Waals surface area contributed by atoms with E-state index in [9.17, 15) is 4.79 Å². The molecule has 1 aromatic heterocycles. The zero-order chi connectivity index (χ0) is 22.7. The summed E-state index contributed by atoms with van der Waals surface area (Å²) < 4.78 is 6.57.